The summed E-state index contributed by atoms with van der Waals surface area (Å²) < 4.78 is 0. The third-order valence-electron chi connectivity index (χ3n) is 4.01. The minimum atomic E-state index is 0.804. The van der Waals surface area contributed by atoms with Crippen LogP contribution in [-0.2, 0) is 6.42 Å². The van der Waals surface area contributed by atoms with Crippen molar-refractivity contribution < 1.29 is 0 Å². The fraction of sp³-hybridized carbons (Fsp3) is 0.769. The lowest BCUT2D eigenvalue weighted by atomic mass is 9.83. The molecule has 1 aliphatic carbocycles. The molecule has 0 amide bonds. The van der Waals surface area contributed by atoms with Crippen LogP contribution in [0.2, 0.25) is 0 Å². The van der Waals surface area contributed by atoms with Gasteiger partial charge in [-0.3, -0.25) is 0 Å². The summed E-state index contributed by atoms with van der Waals surface area (Å²) in [4.78, 5) is 4.82. The molecule has 2 heterocycles. The van der Waals surface area contributed by atoms with Gasteiger partial charge in [-0.25, -0.2) is 4.98 Å². The van der Waals surface area contributed by atoms with Gasteiger partial charge in [-0.15, -0.1) is 11.3 Å². The van der Waals surface area contributed by atoms with Crippen LogP contribution in [0, 0.1) is 5.92 Å². The molecule has 1 saturated heterocycles. The van der Waals surface area contributed by atoms with Gasteiger partial charge in [-0.1, -0.05) is 6.42 Å². The number of thiazole rings is 1. The number of piperidine rings is 1. The van der Waals surface area contributed by atoms with Gasteiger partial charge in [0.25, 0.3) is 0 Å². The molecule has 88 valence electrons. The maximum Gasteiger partial charge on any atom is 0.0931 e. The van der Waals surface area contributed by atoms with E-state index in [1.807, 2.05) is 11.3 Å². The molecule has 16 heavy (non-hydrogen) atoms. The van der Waals surface area contributed by atoms with Crippen LogP contribution in [0.25, 0.3) is 0 Å². The van der Waals surface area contributed by atoms with Crippen LogP contribution in [0.3, 0.4) is 0 Å². The summed E-state index contributed by atoms with van der Waals surface area (Å²) in [6.45, 7) is 2.40. The standard InChI is InChI=1S/C13H20N2S/c1-2-11(3-1)12-9-16-13(15-12)8-10-4-6-14-7-5-10/h9-11,14H,1-8H2. The van der Waals surface area contributed by atoms with Crippen LogP contribution in [0.4, 0.5) is 0 Å². The highest BCUT2D eigenvalue weighted by atomic mass is 32.1. The van der Waals surface area contributed by atoms with Crippen LogP contribution in [0.5, 0.6) is 0 Å². The molecule has 1 aromatic heterocycles. The van der Waals surface area contributed by atoms with Crippen molar-refractivity contribution in [2.75, 3.05) is 13.1 Å². The van der Waals surface area contributed by atoms with E-state index in [0.717, 1.165) is 11.8 Å². The smallest absolute Gasteiger partial charge is 0.0931 e. The first-order valence-corrected chi connectivity index (χ1v) is 7.45. The molecule has 1 N–H and O–H groups in total. The maximum absolute atomic E-state index is 4.82. The second kappa shape index (κ2) is 4.84. The predicted octanol–water partition coefficient (Wildman–Crippen LogP) is 2.95. The maximum atomic E-state index is 4.82. The fourth-order valence-electron chi connectivity index (χ4n) is 2.64. The number of aromatic nitrogens is 1. The summed E-state index contributed by atoms with van der Waals surface area (Å²) in [5.74, 6) is 1.68. The predicted molar refractivity (Wildman–Crippen MR) is 68.0 cm³/mol. The van der Waals surface area contributed by atoms with Crippen molar-refractivity contribution in [1.82, 2.24) is 10.3 Å². The first kappa shape index (κ1) is 10.7. The molecule has 0 radical (unpaired) electrons. The SMILES string of the molecule is c1sc(CC2CCNCC2)nc1C1CCC1. The Labute approximate surface area is 101 Å². The molecule has 2 aliphatic rings. The Morgan fingerprint density at radius 3 is 2.75 bits per heavy atom. The molecule has 2 fully saturated rings. The van der Waals surface area contributed by atoms with Gasteiger partial charge in [0, 0.05) is 17.7 Å². The molecule has 1 aliphatic heterocycles. The van der Waals surface area contributed by atoms with Crippen LogP contribution < -0.4 is 5.32 Å². The quantitative estimate of drug-likeness (QED) is 0.873. The summed E-state index contributed by atoms with van der Waals surface area (Å²) in [6, 6.07) is 0. The van der Waals surface area contributed by atoms with E-state index >= 15 is 0 Å². The molecule has 0 aromatic carbocycles. The van der Waals surface area contributed by atoms with Gasteiger partial charge in [-0.05, 0) is 44.7 Å². The lowest BCUT2D eigenvalue weighted by Crippen LogP contribution is -2.28. The van der Waals surface area contributed by atoms with Crippen LogP contribution in [0.15, 0.2) is 5.38 Å². The zero-order valence-corrected chi connectivity index (χ0v) is 10.6. The number of nitrogens with zero attached hydrogens (tertiary/aromatic N) is 1. The zero-order chi connectivity index (χ0) is 10.8. The van der Waals surface area contributed by atoms with Crippen molar-refractivity contribution in [3.8, 4) is 0 Å². The lowest BCUT2D eigenvalue weighted by Gasteiger charge is -2.23. The number of nitrogens with one attached hydrogen (secondary N) is 1. The summed E-state index contributed by atoms with van der Waals surface area (Å²) in [6.07, 6.45) is 8.04. The Bertz CT molecular complexity index is 337. The lowest BCUT2D eigenvalue weighted by molar-refractivity contribution is 0.370. The van der Waals surface area contributed by atoms with Crippen molar-refractivity contribution >= 4 is 11.3 Å². The molecule has 0 spiro atoms. The second-order valence-electron chi connectivity index (χ2n) is 5.19. The first-order valence-electron chi connectivity index (χ1n) is 6.57. The third kappa shape index (κ3) is 2.30. The van der Waals surface area contributed by atoms with E-state index in [0.29, 0.717) is 0 Å². The largest absolute Gasteiger partial charge is 0.317 e. The van der Waals surface area contributed by atoms with E-state index in [1.54, 1.807) is 0 Å². The van der Waals surface area contributed by atoms with Gasteiger partial charge in [0.15, 0.2) is 0 Å². The van der Waals surface area contributed by atoms with E-state index in [9.17, 15) is 0 Å². The van der Waals surface area contributed by atoms with Gasteiger partial charge in [0.2, 0.25) is 0 Å². The number of rotatable bonds is 3. The van der Waals surface area contributed by atoms with Gasteiger partial charge in [0.05, 0.1) is 10.7 Å². The Kier molecular flexibility index (Phi) is 3.25. The number of hydrogen-bond donors (Lipinski definition) is 1. The van der Waals surface area contributed by atoms with Crippen LogP contribution >= 0.6 is 11.3 Å². The Balaban J connectivity index is 1.58. The second-order valence-corrected chi connectivity index (χ2v) is 6.13. The molecule has 1 saturated carbocycles. The van der Waals surface area contributed by atoms with Crippen molar-refractivity contribution in [3.63, 3.8) is 0 Å². The molecule has 1 aromatic rings. The van der Waals surface area contributed by atoms with Gasteiger partial charge >= 0.3 is 0 Å². The molecular weight excluding hydrogens is 216 g/mol. The van der Waals surface area contributed by atoms with E-state index in [1.165, 1.54) is 62.3 Å². The molecule has 0 atom stereocenters. The van der Waals surface area contributed by atoms with Crippen molar-refractivity contribution in [2.45, 2.75) is 44.4 Å². The molecule has 0 unspecified atom stereocenters. The highest BCUT2D eigenvalue weighted by Gasteiger charge is 2.22. The van der Waals surface area contributed by atoms with Gasteiger partial charge < -0.3 is 5.32 Å². The summed E-state index contributed by atoms with van der Waals surface area (Å²) in [5, 5.41) is 7.11. The Morgan fingerprint density at radius 1 is 1.25 bits per heavy atom. The minimum absolute atomic E-state index is 0.804. The molecule has 3 heteroatoms. The van der Waals surface area contributed by atoms with Gasteiger partial charge in [-0.2, -0.15) is 0 Å². The van der Waals surface area contributed by atoms with E-state index in [2.05, 4.69) is 10.7 Å². The highest BCUT2D eigenvalue weighted by molar-refractivity contribution is 7.09. The number of hydrogen-bond acceptors (Lipinski definition) is 3. The molecule has 2 nitrogen and oxygen atoms in total. The Morgan fingerprint density at radius 2 is 2.06 bits per heavy atom. The summed E-state index contributed by atoms with van der Waals surface area (Å²) >= 11 is 1.89. The van der Waals surface area contributed by atoms with Crippen LogP contribution in [0.1, 0.15) is 48.7 Å². The van der Waals surface area contributed by atoms with E-state index < -0.39 is 0 Å². The topological polar surface area (TPSA) is 24.9 Å². The monoisotopic (exact) mass is 236 g/mol. The summed E-state index contributed by atoms with van der Waals surface area (Å²) in [5.41, 5.74) is 1.39. The zero-order valence-electron chi connectivity index (χ0n) is 9.74. The van der Waals surface area contributed by atoms with Gasteiger partial charge in [0.1, 0.15) is 0 Å². The fourth-order valence-corrected chi connectivity index (χ4v) is 3.64. The van der Waals surface area contributed by atoms with Crippen molar-refractivity contribution in [2.24, 2.45) is 5.92 Å². The average Bonchev–Trinajstić information content (AvgIpc) is 2.65. The molecular formula is C13H20N2S. The Hall–Kier alpha value is -0.410. The van der Waals surface area contributed by atoms with Crippen molar-refractivity contribution in [3.05, 3.63) is 16.1 Å². The molecule has 3 rings (SSSR count). The first-order chi connectivity index (χ1) is 7.92. The molecule has 0 bridgehead atoms. The summed E-state index contributed by atoms with van der Waals surface area (Å²) in [7, 11) is 0. The third-order valence-corrected chi connectivity index (χ3v) is 4.90. The highest BCUT2D eigenvalue weighted by Crippen LogP contribution is 2.37. The van der Waals surface area contributed by atoms with E-state index in [-0.39, 0.29) is 0 Å². The minimum Gasteiger partial charge on any atom is -0.317 e. The average molecular weight is 236 g/mol. The van der Waals surface area contributed by atoms with E-state index in [4.69, 9.17) is 4.98 Å². The normalized spacial score (nSPS) is 23.2. The van der Waals surface area contributed by atoms with Crippen molar-refractivity contribution in [1.29, 1.82) is 0 Å². The van der Waals surface area contributed by atoms with Crippen LogP contribution in [-0.4, -0.2) is 18.1 Å².